The summed E-state index contributed by atoms with van der Waals surface area (Å²) in [6.07, 6.45) is 3.06. The Morgan fingerprint density at radius 3 is 2.58 bits per heavy atom. The Hall–Kier alpha value is -2.17. The maximum atomic E-state index is 5.89. The summed E-state index contributed by atoms with van der Waals surface area (Å²) in [5, 5.41) is 2.06. The van der Waals surface area contributed by atoms with Crippen molar-refractivity contribution in [3.8, 4) is 5.75 Å². The fraction of sp³-hybridized carbons (Fsp3) is 0.333. The Balaban J connectivity index is 1.22. The van der Waals surface area contributed by atoms with Crippen LogP contribution >= 0.6 is 11.6 Å². The van der Waals surface area contributed by atoms with Gasteiger partial charge in [0.25, 0.3) is 0 Å². The number of hydrogen-bond donors (Lipinski definition) is 1. The fourth-order valence-corrected chi connectivity index (χ4v) is 3.69. The third-order valence-electron chi connectivity index (χ3n) is 4.99. The average Bonchev–Trinajstić information content (AvgIpc) is 3.16. The minimum absolute atomic E-state index is 0.741. The second-order valence-corrected chi connectivity index (χ2v) is 7.14. The number of ether oxygens (including phenoxy) is 1. The summed E-state index contributed by atoms with van der Waals surface area (Å²) in [5.41, 5.74) is 2.55. The monoisotopic (exact) mass is 369 g/mol. The molecule has 4 rings (SSSR count). The number of nitrogens with zero attached hydrogens (tertiary/aromatic N) is 2. The third-order valence-corrected chi connectivity index (χ3v) is 5.24. The zero-order valence-corrected chi connectivity index (χ0v) is 15.6. The van der Waals surface area contributed by atoms with Gasteiger partial charge < -0.3 is 14.6 Å². The Morgan fingerprint density at radius 2 is 1.77 bits per heavy atom. The van der Waals surface area contributed by atoms with E-state index in [-0.39, 0.29) is 0 Å². The lowest BCUT2D eigenvalue weighted by Crippen LogP contribution is -2.46. The molecule has 1 aromatic heterocycles. The van der Waals surface area contributed by atoms with Gasteiger partial charge in [0.15, 0.2) is 0 Å². The van der Waals surface area contributed by atoms with Crippen molar-refractivity contribution in [2.75, 3.05) is 44.2 Å². The molecule has 4 nitrogen and oxygen atoms in total. The Labute approximate surface area is 159 Å². The van der Waals surface area contributed by atoms with Crippen LogP contribution in [0.4, 0.5) is 5.69 Å². The standard InChI is InChI=1S/C21H24ClN3O/c22-17-5-7-18(8-6-17)26-16-2-11-24-12-14-25(15-13-24)21-4-1-3-20-19(21)9-10-23-20/h1,3-10,23H,2,11-16H2. The number of halogens is 1. The number of fused-ring (bicyclic) bond motifs is 1. The van der Waals surface area contributed by atoms with E-state index < -0.39 is 0 Å². The molecule has 0 saturated carbocycles. The third kappa shape index (κ3) is 3.97. The van der Waals surface area contributed by atoms with Crippen LogP contribution in [-0.4, -0.2) is 49.2 Å². The van der Waals surface area contributed by atoms with Crippen molar-refractivity contribution in [1.82, 2.24) is 9.88 Å². The van der Waals surface area contributed by atoms with Gasteiger partial charge in [-0.1, -0.05) is 17.7 Å². The fourth-order valence-electron chi connectivity index (χ4n) is 3.57. The van der Waals surface area contributed by atoms with Crippen molar-refractivity contribution in [3.63, 3.8) is 0 Å². The molecule has 1 aliphatic heterocycles. The quantitative estimate of drug-likeness (QED) is 0.653. The van der Waals surface area contributed by atoms with E-state index in [2.05, 4.69) is 39.0 Å². The van der Waals surface area contributed by atoms with Crippen molar-refractivity contribution in [3.05, 3.63) is 59.8 Å². The van der Waals surface area contributed by atoms with Gasteiger partial charge in [-0.2, -0.15) is 0 Å². The molecule has 1 aliphatic rings. The van der Waals surface area contributed by atoms with E-state index >= 15 is 0 Å². The second kappa shape index (κ2) is 8.02. The Bertz CT molecular complexity index is 838. The molecule has 0 bridgehead atoms. The average molecular weight is 370 g/mol. The van der Waals surface area contributed by atoms with Crippen LogP contribution in [-0.2, 0) is 0 Å². The molecule has 0 atom stereocenters. The van der Waals surface area contributed by atoms with E-state index in [0.29, 0.717) is 0 Å². The van der Waals surface area contributed by atoms with E-state index in [1.165, 1.54) is 16.6 Å². The number of H-pyrrole nitrogens is 1. The van der Waals surface area contributed by atoms with Crippen molar-refractivity contribution < 1.29 is 4.74 Å². The largest absolute Gasteiger partial charge is 0.494 e. The minimum atomic E-state index is 0.741. The molecule has 0 spiro atoms. The van der Waals surface area contributed by atoms with Crippen molar-refractivity contribution in [1.29, 1.82) is 0 Å². The summed E-state index contributed by atoms with van der Waals surface area (Å²) in [5.74, 6) is 0.888. The molecule has 136 valence electrons. The highest BCUT2D eigenvalue weighted by atomic mass is 35.5. The molecule has 0 amide bonds. The van der Waals surface area contributed by atoms with Gasteiger partial charge in [-0.25, -0.2) is 0 Å². The van der Waals surface area contributed by atoms with Gasteiger partial charge >= 0.3 is 0 Å². The van der Waals surface area contributed by atoms with Gasteiger partial charge in [-0.15, -0.1) is 0 Å². The van der Waals surface area contributed by atoms with Gasteiger partial charge in [-0.3, -0.25) is 4.90 Å². The van der Waals surface area contributed by atoms with Crippen LogP contribution in [0.5, 0.6) is 5.75 Å². The maximum absolute atomic E-state index is 5.89. The molecule has 1 N–H and O–H groups in total. The van der Waals surface area contributed by atoms with Crippen LogP contribution in [0.15, 0.2) is 54.7 Å². The molecular formula is C21H24ClN3O. The van der Waals surface area contributed by atoms with Gasteiger partial charge in [-0.05, 0) is 48.9 Å². The first-order valence-corrected chi connectivity index (χ1v) is 9.59. The molecule has 3 aromatic rings. The number of aromatic nitrogens is 1. The van der Waals surface area contributed by atoms with Gasteiger partial charge in [0.2, 0.25) is 0 Å². The first kappa shape index (κ1) is 17.3. The van der Waals surface area contributed by atoms with E-state index in [9.17, 15) is 0 Å². The lowest BCUT2D eigenvalue weighted by Gasteiger charge is -2.36. The van der Waals surface area contributed by atoms with Crippen molar-refractivity contribution >= 4 is 28.2 Å². The van der Waals surface area contributed by atoms with Crippen molar-refractivity contribution in [2.45, 2.75) is 6.42 Å². The van der Waals surface area contributed by atoms with Gasteiger partial charge in [0.1, 0.15) is 5.75 Å². The molecule has 2 aromatic carbocycles. The van der Waals surface area contributed by atoms with E-state index in [1.807, 2.05) is 30.5 Å². The highest BCUT2D eigenvalue weighted by Gasteiger charge is 2.18. The smallest absolute Gasteiger partial charge is 0.119 e. The second-order valence-electron chi connectivity index (χ2n) is 6.70. The topological polar surface area (TPSA) is 31.5 Å². The molecular weight excluding hydrogens is 346 g/mol. The maximum Gasteiger partial charge on any atom is 0.119 e. The van der Waals surface area contributed by atoms with Gasteiger partial charge in [0, 0.05) is 60.5 Å². The van der Waals surface area contributed by atoms with Gasteiger partial charge in [0.05, 0.1) is 6.61 Å². The molecule has 26 heavy (non-hydrogen) atoms. The van der Waals surface area contributed by atoms with Crippen molar-refractivity contribution in [2.24, 2.45) is 0 Å². The number of anilines is 1. The summed E-state index contributed by atoms with van der Waals surface area (Å²) in [4.78, 5) is 8.32. The van der Waals surface area contributed by atoms with Crippen LogP contribution in [0, 0.1) is 0 Å². The first-order valence-electron chi connectivity index (χ1n) is 9.21. The highest BCUT2D eigenvalue weighted by Crippen LogP contribution is 2.27. The normalized spacial score (nSPS) is 15.5. The lowest BCUT2D eigenvalue weighted by atomic mass is 10.1. The molecule has 0 aliphatic carbocycles. The zero-order valence-electron chi connectivity index (χ0n) is 14.8. The summed E-state index contributed by atoms with van der Waals surface area (Å²) in [6, 6.07) is 16.2. The zero-order chi connectivity index (χ0) is 17.8. The lowest BCUT2D eigenvalue weighted by molar-refractivity contribution is 0.225. The first-order chi connectivity index (χ1) is 12.8. The van der Waals surface area contributed by atoms with Crippen LogP contribution in [0.25, 0.3) is 10.9 Å². The summed E-state index contributed by atoms with van der Waals surface area (Å²) < 4.78 is 5.78. The molecule has 5 heteroatoms. The summed E-state index contributed by atoms with van der Waals surface area (Å²) >= 11 is 5.89. The van der Waals surface area contributed by atoms with E-state index in [1.54, 1.807) is 0 Å². The van der Waals surface area contributed by atoms with Crippen LogP contribution in [0.3, 0.4) is 0 Å². The number of nitrogens with one attached hydrogen (secondary N) is 1. The Morgan fingerprint density at radius 1 is 0.962 bits per heavy atom. The predicted molar refractivity (Wildman–Crippen MR) is 109 cm³/mol. The highest BCUT2D eigenvalue weighted by molar-refractivity contribution is 6.30. The molecule has 0 radical (unpaired) electrons. The molecule has 0 unspecified atom stereocenters. The molecule has 1 fully saturated rings. The van der Waals surface area contributed by atoms with Crippen LogP contribution < -0.4 is 9.64 Å². The van der Waals surface area contributed by atoms with Crippen LogP contribution in [0.1, 0.15) is 6.42 Å². The number of hydrogen-bond acceptors (Lipinski definition) is 3. The number of piperazine rings is 1. The van der Waals surface area contributed by atoms with Crippen LogP contribution in [0.2, 0.25) is 5.02 Å². The van der Waals surface area contributed by atoms with E-state index in [0.717, 1.165) is 56.5 Å². The minimum Gasteiger partial charge on any atom is -0.494 e. The summed E-state index contributed by atoms with van der Waals surface area (Å²) in [6.45, 7) is 6.16. The number of rotatable bonds is 6. The SMILES string of the molecule is Clc1ccc(OCCCN2CCN(c3cccc4[nH]ccc34)CC2)cc1. The Kier molecular flexibility index (Phi) is 5.32. The molecule has 1 saturated heterocycles. The van der Waals surface area contributed by atoms with E-state index in [4.69, 9.17) is 16.3 Å². The number of aromatic amines is 1. The predicted octanol–water partition coefficient (Wildman–Crippen LogP) is 4.41. The summed E-state index contributed by atoms with van der Waals surface area (Å²) in [7, 11) is 0. The molecule has 2 heterocycles. The number of benzene rings is 2.